The van der Waals surface area contributed by atoms with E-state index in [0.29, 0.717) is 4.90 Å². The molecule has 0 atom stereocenters. The largest absolute Gasteiger partial charge is 0.207 e. The number of hydrogen-bond donors (Lipinski definition) is 0. The van der Waals surface area contributed by atoms with Gasteiger partial charge in [0, 0.05) is 9.79 Å². The molecule has 0 aliphatic rings. The normalized spacial score (nSPS) is 9.94. The van der Waals surface area contributed by atoms with E-state index in [9.17, 15) is 8.78 Å². The van der Waals surface area contributed by atoms with E-state index in [4.69, 9.17) is 5.26 Å². The summed E-state index contributed by atoms with van der Waals surface area (Å²) in [5.74, 6) is -0.867. The molecular weight excluding hydrogens is 240 g/mol. The maximum atomic E-state index is 13.3. The predicted octanol–water partition coefficient (Wildman–Crippen LogP) is 3.99. The lowest BCUT2D eigenvalue weighted by Crippen LogP contribution is -1.87. The highest BCUT2D eigenvalue weighted by Crippen LogP contribution is 2.31. The topological polar surface area (TPSA) is 23.8 Å². The van der Waals surface area contributed by atoms with Gasteiger partial charge >= 0.3 is 0 Å². The van der Waals surface area contributed by atoms with Crippen LogP contribution in [-0.2, 0) is 0 Å². The van der Waals surface area contributed by atoms with Crippen LogP contribution in [0.3, 0.4) is 0 Å². The van der Waals surface area contributed by atoms with E-state index >= 15 is 0 Å². The Labute approximate surface area is 102 Å². The van der Waals surface area contributed by atoms with Crippen LogP contribution >= 0.6 is 11.8 Å². The van der Waals surface area contributed by atoms with Crippen LogP contribution in [-0.4, -0.2) is 0 Å². The van der Waals surface area contributed by atoms with Gasteiger partial charge in [-0.15, -0.1) is 0 Å². The van der Waals surface area contributed by atoms with Crippen molar-refractivity contribution in [1.29, 1.82) is 5.26 Å². The molecule has 0 saturated carbocycles. The molecule has 84 valence electrons. The number of rotatable bonds is 2. The molecule has 2 aromatic rings. The van der Waals surface area contributed by atoms with E-state index in [0.717, 1.165) is 4.90 Å². The third kappa shape index (κ3) is 2.63. The van der Waals surface area contributed by atoms with E-state index in [1.165, 1.54) is 30.0 Å². The second-order valence-corrected chi connectivity index (χ2v) is 4.40. The predicted molar refractivity (Wildman–Crippen MR) is 61.6 cm³/mol. The molecule has 0 radical (unpaired) electrons. The first kappa shape index (κ1) is 11.6. The average Bonchev–Trinajstić information content (AvgIpc) is 2.32. The second kappa shape index (κ2) is 4.98. The molecule has 2 rings (SSSR count). The van der Waals surface area contributed by atoms with Gasteiger partial charge in [-0.3, -0.25) is 0 Å². The molecule has 0 saturated heterocycles. The van der Waals surface area contributed by atoms with Crippen LogP contribution in [0.5, 0.6) is 0 Å². The number of halogens is 2. The lowest BCUT2D eigenvalue weighted by atomic mass is 10.2. The maximum Gasteiger partial charge on any atom is 0.142 e. The van der Waals surface area contributed by atoms with E-state index in [2.05, 4.69) is 0 Å². The Kier molecular flexibility index (Phi) is 3.40. The quantitative estimate of drug-likeness (QED) is 0.801. The zero-order valence-corrected chi connectivity index (χ0v) is 9.47. The van der Waals surface area contributed by atoms with Crippen LogP contribution in [0.4, 0.5) is 8.78 Å². The summed E-state index contributed by atoms with van der Waals surface area (Å²) < 4.78 is 26.0. The van der Waals surface area contributed by atoms with Crippen molar-refractivity contribution in [3.05, 3.63) is 59.7 Å². The van der Waals surface area contributed by atoms with Gasteiger partial charge in [0.1, 0.15) is 23.3 Å². The molecule has 4 heteroatoms. The highest BCUT2D eigenvalue weighted by atomic mass is 32.2. The molecular formula is C13H7F2NS. The summed E-state index contributed by atoms with van der Waals surface area (Å²) in [5, 5.41) is 8.86. The van der Waals surface area contributed by atoms with E-state index in [1.54, 1.807) is 24.3 Å². The Morgan fingerprint density at radius 2 is 1.71 bits per heavy atom. The highest BCUT2D eigenvalue weighted by Gasteiger charge is 2.08. The van der Waals surface area contributed by atoms with E-state index in [-0.39, 0.29) is 11.4 Å². The fraction of sp³-hybridized carbons (Fsp3) is 0. The van der Waals surface area contributed by atoms with Crippen molar-refractivity contribution in [3.8, 4) is 6.07 Å². The summed E-state index contributed by atoms with van der Waals surface area (Å²) in [6.07, 6.45) is 0. The molecule has 1 nitrogen and oxygen atoms in total. The van der Waals surface area contributed by atoms with Crippen molar-refractivity contribution >= 4 is 11.8 Å². The summed E-state index contributed by atoms with van der Waals surface area (Å²) in [4.78, 5) is 1.28. The molecule has 0 heterocycles. The van der Waals surface area contributed by atoms with Crippen molar-refractivity contribution in [2.45, 2.75) is 9.79 Å². The molecule has 0 N–H and O–H groups in total. The fourth-order valence-corrected chi connectivity index (χ4v) is 2.25. The minimum absolute atomic E-state index is 0.0156. The van der Waals surface area contributed by atoms with E-state index in [1.807, 2.05) is 6.07 Å². The Hall–Kier alpha value is -1.86. The Balaban J connectivity index is 2.34. The van der Waals surface area contributed by atoms with Crippen LogP contribution in [0.25, 0.3) is 0 Å². The highest BCUT2D eigenvalue weighted by molar-refractivity contribution is 7.99. The van der Waals surface area contributed by atoms with Crippen LogP contribution in [0.15, 0.2) is 52.3 Å². The Morgan fingerprint density at radius 1 is 1.00 bits per heavy atom. The number of hydrogen-bond acceptors (Lipinski definition) is 2. The van der Waals surface area contributed by atoms with Crippen molar-refractivity contribution in [1.82, 2.24) is 0 Å². The lowest BCUT2D eigenvalue weighted by Gasteiger charge is -2.04. The van der Waals surface area contributed by atoms with Gasteiger partial charge in [0.05, 0.1) is 0 Å². The van der Waals surface area contributed by atoms with Gasteiger partial charge in [0.2, 0.25) is 0 Å². The van der Waals surface area contributed by atoms with Crippen molar-refractivity contribution in [2.24, 2.45) is 0 Å². The van der Waals surface area contributed by atoms with Gasteiger partial charge in [-0.25, -0.2) is 8.78 Å². The second-order valence-electron chi connectivity index (χ2n) is 3.28. The molecule has 0 unspecified atom stereocenters. The molecule has 0 aromatic heterocycles. The molecule has 0 aliphatic heterocycles. The Bertz CT molecular complexity index is 573. The van der Waals surface area contributed by atoms with Crippen molar-refractivity contribution in [2.75, 3.05) is 0 Å². The smallest absolute Gasteiger partial charge is 0.142 e. The molecule has 0 spiro atoms. The number of benzene rings is 2. The minimum Gasteiger partial charge on any atom is -0.207 e. The van der Waals surface area contributed by atoms with Crippen LogP contribution < -0.4 is 0 Å². The monoisotopic (exact) mass is 247 g/mol. The molecule has 0 fully saturated rings. The van der Waals surface area contributed by atoms with E-state index < -0.39 is 5.82 Å². The van der Waals surface area contributed by atoms with Gasteiger partial charge in [-0.2, -0.15) is 5.26 Å². The molecule has 2 aromatic carbocycles. The zero-order chi connectivity index (χ0) is 12.3. The molecule has 17 heavy (non-hydrogen) atoms. The number of nitrogens with zero attached hydrogens (tertiary/aromatic N) is 1. The van der Waals surface area contributed by atoms with Gasteiger partial charge in [-0.05, 0) is 36.4 Å². The number of nitriles is 1. The maximum absolute atomic E-state index is 13.3. The summed E-state index contributed by atoms with van der Waals surface area (Å²) in [7, 11) is 0. The third-order valence-electron chi connectivity index (χ3n) is 2.13. The average molecular weight is 247 g/mol. The summed E-state index contributed by atoms with van der Waals surface area (Å²) >= 11 is 1.23. The molecule has 0 bridgehead atoms. The third-order valence-corrected chi connectivity index (χ3v) is 3.20. The molecule has 0 aliphatic carbocycles. The summed E-state index contributed by atoms with van der Waals surface area (Å²) in [5.41, 5.74) is 0.0156. The van der Waals surface area contributed by atoms with Crippen molar-refractivity contribution < 1.29 is 8.78 Å². The Morgan fingerprint density at radius 3 is 2.35 bits per heavy atom. The first-order valence-corrected chi connectivity index (χ1v) is 5.64. The van der Waals surface area contributed by atoms with Gasteiger partial charge in [0.15, 0.2) is 0 Å². The van der Waals surface area contributed by atoms with Crippen LogP contribution in [0.1, 0.15) is 5.56 Å². The zero-order valence-electron chi connectivity index (χ0n) is 8.65. The van der Waals surface area contributed by atoms with Gasteiger partial charge in [-0.1, -0.05) is 17.8 Å². The molecule has 0 amide bonds. The lowest BCUT2D eigenvalue weighted by molar-refractivity contribution is 0.619. The SMILES string of the molecule is N#Cc1c(F)cccc1Sc1ccc(F)cc1. The minimum atomic E-state index is -0.542. The summed E-state index contributed by atoms with van der Waals surface area (Å²) in [6, 6.07) is 12.1. The van der Waals surface area contributed by atoms with Crippen LogP contribution in [0.2, 0.25) is 0 Å². The summed E-state index contributed by atoms with van der Waals surface area (Å²) in [6.45, 7) is 0. The standard InChI is InChI=1S/C13H7F2NS/c14-9-4-6-10(7-5-9)17-13-3-1-2-12(15)11(13)8-16/h1-7H. The van der Waals surface area contributed by atoms with Gasteiger partial charge in [0.25, 0.3) is 0 Å². The fourth-order valence-electron chi connectivity index (χ4n) is 1.33. The first-order valence-electron chi connectivity index (χ1n) is 4.83. The van der Waals surface area contributed by atoms with Gasteiger partial charge < -0.3 is 0 Å². The van der Waals surface area contributed by atoms with Crippen LogP contribution in [0, 0.1) is 23.0 Å². The first-order chi connectivity index (χ1) is 8.20. The van der Waals surface area contributed by atoms with Crippen molar-refractivity contribution in [3.63, 3.8) is 0 Å².